The summed E-state index contributed by atoms with van der Waals surface area (Å²) in [5.74, 6) is -0.283. The summed E-state index contributed by atoms with van der Waals surface area (Å²) in [6.45, 7) is 1.05. The van der Waals surface area contributed by atoms with Gasteiger partial charge in [-0.15, -0.1) is 0 Å². The fourth-order valence-electron chi connectivity index (χ4n) is 2.96. The lowest BCUT2D eigenvalue weighted by Gasteiger charge is -2.20. The van der Waals surface area contributed by atoms with Gasteiger partial charge in [0.1, 0.15) is 5.82 Å². The summed E-state index contributed by atoms with van der Waals surface area (Å²) in [6.07, 6.45) is 1.33. The molecule has 25 heavy (non-hydrogen) atoms. The predicted molar refractivity (Wildman–Crippen MR) is 96.3 cm³/mol. The highest BCUT2D eigenvalue weighted by molar-refractivity contribution is 5.63. The molecule has 5 heteroatoms. The molecule has 0 aliphatic heterocycles. The molecular formula is C20H22FN3O. The third-order valence-electron chi connectivity index (χ3n) is 4.14. The van der Waals surface area contributed by atoms with Gasteiger partial charge in [0.15, 0.2) is 0 Å². The second-order valence-corrected chi connectivity index (χ2v) is 6.28. The molecule has 0 spiro atoms. The number of hydrogen-bond donors (Lipinski definition) is 1. The van der Waals surface area contributed by atoms with Crippen molar-refractivity contribution in [3.63, 3.8) is 0 Å². The molecule has 0 amide bonds. The second-order valence-electron chi connectivity index (χ2n) is 6.28. The van der Waals surface area contributed by atoms with Crippen molar-refractivity contribution < 1.29 is 9.50 Å². The molecule has 1 atom stereocenters. The van der Waals surface area contributed by atoms with Gasteiger partial charge in [0.2, 0.25) is 0 Å². The molecule has 1 heterocycles. The Balaban J connectivity index is 1.76. The number of benzene rings is 2. The third-order valence-corrected chi connectivity index (χ3v) is 4.14. The topological polar surface area (TPSA) is 41.3 Å². The molecule has 0 unspecified atom stereocenters. The molecule has 4 nitrogen and oxygen atoms in total. The van der Waals surface area contributed by atoms with Crippen LogP contribution in [0.2, 0.25) is 0 Å². The SMILES string of the molecule is CN(Cc1cn(C)nc1-c1ccccc1F)C[C@@H](O)c1ccccc1. The van der Waals surface area contributed by atoms with Crippen LogP contribution in [0.5, 0.6) is 0 Å². The Morgan fingerprint density at radius 1 is 1.12 bits per heavy atom. The Kier molecular flexibility index (Phi) is 5.26. The van der Waals surface area contributed by atoms with Crippen LogP contribution in [0.25, 0.3) is 11.3 Å². The van der Waals surface area contributed by atoms with Crippen LogP contribution in [0.3, 0.4) is 0 Å². The standard InChI is InChI=1S/C20H22FN3O/c1-23(14-19(25)15-8-4-3-5-9-15)12-16-13-24(2)22-20(16)17-10-6-7-11-18(17)21/h3-11,13,19,25H,12,14H2,1-2H3/t19-/m1/s1. The van der Waals surface area contributed by atoms with E-state index in [0.29, 0.717) is 24.3 Å². The Bertz CT molecular complexity index is 832. The summed E-state index contributed by atoms with van der Waals surface area (Å²) in [4.78, 5) is 2.01. The van der Waals surface area contributed by atoms with Crippen molar-refractivity contribution in [2.45, 2.75) is 12.6 Å². The Labute approximate surface area is 147 Å². The molecule has 1 aromatic heterocycles. The number of nitrogens with zero attached hydrogens (tertiary/aromatic N) is 3. The Morgan fingerprint density at radius 3 is 2.52 bits per heavy atom. The highest BCUT2D eigenvalue weighted by Crippen LogP contribution is 2.26. The minimum Gasteiger partial charge on any atom is -0.387 e. The largest absolute Gasteiger partial charge is 0.387 e. The summed E-state index contributed by atoms with van der Waals surface area (Å²) in [6, 6.07) is 16.2. The van der Waals surface area contributed by atoms with Gasteiger partial charge in [-0.05, 0) is 24.7 Å². The zero-order chi connectivity index (χ0) is 17.8. The first-order chi connectivity index (χ1) is 12.0. The van der Waals surface area contributed by atoms with E-state index in [4.69, 9.17) is 0 Å². The van der Waals surface area contributed by atoms with Crippen molar-refractivity contribution in [1.82, 2.24) is 14.7 Å². The minimum absolute atomic E-state index is 0.283. The fourth-order valence-corrected chi connectivity index (χ4v) is 2.96. The molecule has 0 saturated heterocycles. The average molecular weight is 339 g/mol. The van der Waals surface area contributed by atoms with Crippen molar-refractivity contribution in [1.29, 1.82) is 0 Å². The van der Waals surface area contributed by atoms with Gasteiger partial charge < -0.3 is 5.11 Å². The molecule has 0 aliphatic carbocycles. The van der Waals surface area contributed by atoms with E-state index in [1.54, 1.807) is 22.9 Å². The highest BCUT2D eigenvalue weighted by atomic mass is 19.1. The van der Waals surface area contributed by atoms with Crippen LogP contribution in [0.1, 0.15) is 17.2 Å². The maximum atomic E-state index is 14.1. The summed E-state index contributed by atoms with van der Waals surface area (Å²) in [5.41, 5.74) is 2.95. The summed E-state index contributed by atoms with van der Waals surface area (Å²) >= 11 is 0. The normalized spacial score (nSPS) is 12.5. The summed E-state index contributed by atoms with van der Waals surface area (Å²) in [5, 5.41) is 14.8. The Hall–Kier alpha value is -2.50. The van der Waals surface area contributed by atoms with Gasteiger partial charge in [-0.3, -0.25) is 9.58 Å². The van der Waals surface area contributed by atoms with Gasteiger partial charge in [0.25, 0.3) is 0 Å². The third kappa shape index (κ3) is 4.13. The van der Waals surface area contributed by atoms with Crippen LogP contribution in [-0.2, 0) is 13.6 Å². The maximum absolute atomic E-state index is 14.1. The van der Waals surface area contributed by atoms with Crippen molar-refractivity contribution >= 4 is 0 Å². The van der Waals surface area contributed by atoms with Crippen LogP contribution >= 0.6 is 0 Å². The minimum atomic E-state index is -0.570. The lowest BCUT2D eigenvalue weighted by molar-refractivity contribution is 0.124. The zero-order valence-electron chi connectivity index (χ0n) is 14.4. The van der Waals surface area contributed by atoms with Crippen molar-refractivity contribution in [3.05, 3.63) is 77.7 Å². The molecule has 3 aromatic rings. The van der Waals surface area contributed by atoms with E-state index in [-0.39, 0.29) is 5.82 Å². The number of aryl methyl sites for hydroxylation is 1. The molecular weight excluding hydrogens is 317 g/mol. The molecule has 0 bridgehead atoms. The smallest absolute Gasteiger partial charge is 0.132 e. The number of aliphatic hydroxyl groups is 1. The lowest BCUT2D eigenvalue weighted by Crippen LogP contribution is -2.24. The van der Waals surface area contributed by atoms with Crippen molar-refractivity contribution in [3.8, 4) is 11.3 Å². The number of aromatic nitrogens is 2. The number of hydrogen-bond acceptors (Lipinski definition) is 3. The molecule has 1 N–H and O–H groups in total. The lowest BCUT2D eigenvalue weighted by atomic mass is 10.1. The zero-order valence-corrected chi connectivity index (χ0v) is 14.4. The van der Waals surface area contributed by atoms with Gasteiger partial charge in [0, 0.05) is 37.5 Å². The van der Waals surface area contributed by atoms with Crippen LogP contribution in [0, 0.1) is 5.82 Å². The number of likely N-dealkylation sites (N-methyl/N-ethyl adjacent to an activating group) is 1. The van der Waals surface area contributed by atoms with E-state index in [9.17, 15) is 9.50 Å². The predicted octanol–water partition coefficient (Wildman–Crippen LogP) is 3.39. The molecule has 0 aliphatic rings. The van der Waals surface area contributed by atoms with Crippen LogP contribution in [-0.4, -0.2) is 33.4 Å². The Morgan fingerprint density at radius 2 is 1.80 bits per heavy atom. The van der Waals surface area contributed by atoms with Crippen molar-refractivity contribution in [2.75, 3.05) is 13.6 Å². The van der Waals surface area contributed by atoms with Crippen molar-refractivity contribution in [2.24, 2.45) is 7.05 Å². The molecule has 0 saturated carbocycles. The van der Waals surface area contributed by atoms with E-state index in [2.05, 4.69) is 5.10 Å². The summed E-state index contributed by atoms with van der Waals surface area (Å²) in [7, 11) is 3.76. The van der Waals surface area contributed by atoms with Gasteiger partial charge >= 0.3 is 0 Å². The van der Waals surface area contributed by atoms with E-state index in [1.807, 2.05) is 55.5 Å². The number of aliphatic hydroxyl groups excluding tert-OH is 1. The van der Waals surface area contributed by atoms with Crippen LogP contribution in [0.4, 0.5) is 4.39 Å². The molecule has 2 aromatic carbocycles. The van der Waals surface area contributed by atoms with E-state index < -0.39 is 6.10 Å². The first-order valence-electron chi connectivity index (χ1n) is 8.23. The highest BCUT2D eigenvalue weighted by Gasteiger charge is 2.17. The number of rotatable bonds is 6. The summed E-state index contributed by atoms with van der Waals surface area (Å²) < 4.78 is 15.8. The van der Waals surface area contributed by atoms with Gasteiger partial charge in [-0.1, -0.05) is 42.5 Å². The molecule has 0 radical (unpaired) electrons. The quantitative estimate of drug-likeness (QED) is 0.748. The number of halogens is 1. The van der Waals surface area contributed by atoms with E-state index in [0.717, 1.165) is 11.1 Å². The van der Waals surface area contributed by atoms with E-state index >= 15 is 0 Å². The van der Waals surface area contributed by atoms with Crippen LogP contribution < -0.4 is 0 Å². The van der Waals surface area contributed by atoms with Crippen LogP contribution in [0.15, 0.2) is 60.8 Å². The van der Waals surface area contributed by atoms with E-state index in [1.165, 1.54) is 6.07 Å². The first kappa shape index (κ1) is 17.3. The first-order valence-corrected chi connectivity index (χ1v) is 8.23. The average Bonchev–Trinajstić information content (AvgIpc) is 2.96. The monoisotopic (exact) mass is 339 g/mol. The molecule has 130 valence electrons. The van der Waals surface area contributed by atoms with Gasteiger partial charge in [-0.2, -0.15) is 5.10 Å². The molecule has 3 rings (SSSR count). The van der Waals surface area contributed by atoms with Gasteiger partial charge in [-0.25, -0.2) is 4.39 Å². The maximum Gasteiger partial charge on any atom is 0.132 e. The fraction of sp³-hybridized carbons (Fsp3) is 0.250. The van der Waals surface area contributed by atoms with Gasteiger partial charge in [0.05, 0.1) is 11.8 Å². The second kappa shape index (κ2) is 7.59. The molecule has 0 fully saturated rings.